The Morgan fingerprint density at radius 1 is 1.19 bits per heavy atom. The van der Waals surface area contributed by atoms with Gasteiger partial charge in [-0.3, -0.25) is 4.99 Å². The number of rotatable bonds is 3. The molecule has 1 N–H and O–H groups in total. The Bertz CT molecular complexity index is 644. The van der Waals surface area contributed by atoms with Crippen LogP contribution < -0.4 is 5.32 Å². The third kappa shape index (κ3) is 3.19. The molecular formula is C18H19FN2. The zero-order valence-corrected chi connectivity index (χ0v) is 12.1. The second-order valence-corrected chi connectivity index (χ2v) is 5.44. The van der Waals surface area contributed by atoms with E-state index in [1.165, 1.54) is 18.6 Å². The van der Waals surface area contributed by atoms with E-state index >= 15 is 0 Å². The van der Waals surface area contributed by atoms with E-state index in [0.717, 1.165) is 35.5 Å². The smallest absolute Gasteiger partial charge is 0.123 e. The molecule has 1 heterocycles. The number of nitrogens with one attached hydrogen (secondary N) is 1. The number of aliphatic imine (C=N–C) groups is 1. The number of halogens is 1. The molecule has 3 rings (SSSR count). The van der Waals surface area contributed by atoms with E-state index in [2.05, 4.69) is 17.4 Å². The van der Waals surface area contributed by atoms with Gasteiger partial charge in [0.25, 0.3) is 0 Å². The molecule has 2 nitrogen and oxygen atoms in total. The molecule has 1 aliphatic heterocycles. The highest BCUT2D eigenvalue weighted by molar-refractivity contribution is 6.06. The summed E-state index contributed by atoms with van der Waals surface area (Å²) in [6.07, 6.45) is 2.26. The Morgan fingerprint density at radius 3 is 2.67 bits per heavy atom. The first-order chi connectivity index (χ1) is 10.2. The van der Waals surface area contributed by atoms with E-state index in [9.17, 15) is 4.39 Å². The SMILES string of the molecule is Cc1cc(F)ccc1N=C(c1ccccc1)C1CCCN1. The summed E-state index contributed by atoms with van der Waals surface area (Å²) < 4.78 is 13.2. The summed E-state index contributed by atoms with van der Waals surface area (Å²) in [4.78, 5) is 4.84. The van der Waals surface area contributed by atoms with E-state index < -0.39 is 0 Å². The van der Waals surface area contributed by atoms with E-state index in [1.807, 2.05) is 25.1 Å². The van der Waals surface area contributed by atoms with Crippen LogP contribution in [0.15, 0.2) is 53.5 Å². The van der Waals surface area contributed by atoms with Crippen molar-refractivity contribution >= 4 is 11.4 Å². The predicted molar refractivity (Wildman–Crippen MR) is 84.8 cm³/mol. The van der Waals surface area contributed by atoms with Crippen LogP contribution in [-0.2, 0) is 0 Å². The summed E-state index contributed by atoms with van der Waals surface area (Å²) in [6, 6.07) is 15.2. The van der Waals surface area contributed by atoms with Gasteiger partial charge < -0.3 is 5.32 Å². The van der Waals surface area contributed by atoms with Gasteiger partial charge in [-0.05, 0) is 55.6 Å². The van der Waals surface area contributed by atoms with E-state index in [0.29, 0.717) is 0 Å². The van der Waals surface area contributed by atoms with Crippen LogP contribution in [0.4, 0.5) is 10.1 Å². The first kappa shape index (κ1) is 14.0. The van der Waals surface area contributed by atoms with Crippen molar-refractivity contribution in [3.05, 3.63) is 65.5 Å². The largest absolute Gasteiger partial charge is 0.309 e. The average molecular weight is 282 g/mol. The molecule has 0 amide bonds. The highest BCUT2D eigenvalue weighted by Gasteiger charge is 2.21. The fourth-order valence-electron chi connectivity index (χ4n) is 2.74. The minimum Gasteiger partial charge on any atom is -0.309 e. The van der Waals surface area contributed by atoms with E-state index in [1.54, 1.807) is 6.07 Å². The zero-order valence-electron chi connectivity index (χ0n) is 12.1. The van der Waals surface area contributed by atoms with Crippen LogP contribution >= 0.6 is 0 Å². The van der Waals surface area contributed by atoms with Gasteiger partial charge in [-0.25, -0.2) is 4.39 Å². The first-order valence-electron chi connectivity index (χ1n) is 7.37. The summed E-state index contributed by atoms with van der Waals surface area (Å²) in [5, 5.41) is 3.50. The van der Waals surface area contributed by atoms with Gasteiger partial charge in [0.1, 0.15) is 5.82 Å². The zero-order chi connectivity index (χ0) is 14.7. The molecule has 21 heavy (non-hydrogen) atoms. The van der Waals surface area contributed by atoms with Crippen LogP contribution in [0.3, 0.4) is 0 Å². The van der Waals surface area contributed by atoms with Gasteiger partial charge in [-0.1, -0.05) is 30.3 Å². The standard InChI is InChI=1S/C18H19FN2/c1-13-12-15(19)9-10-16(13)21-18(17-8-5-11-20-17)14-6-3-2-4-7-14/h2-4,6-7,9-10,12,17,20H,5,8,11H2,1H3. The highest BCUT2D eigenvalue weighted by atomic mass is 19.1. The second-order valence-electron chi connectivity index (χ2n) is 5.44. The molecule has 2 aromatic rings. The molecule has 0 saturated carbocycles. The molecule has 3 heteroatoms. The summed E-state index contributed by atoms with van der Waals surface area (Å²) in [6.45, 7) is 2.92. The maximum absolute atomic E-state index is 13.2. The van der Waals surface area contributed by atoms with Crippen LogP contribution in [0.1, 0.15) is 24.0 Å². The number of aryl methyl sites for hydroxylation is 1. The molecule has 1 aliphatic rings. The van der Waals surface area contributed by atoms with Gasteiger partial charge >= 0.3 is 0 Å². The monoisotopic (exact) mass is 282 g/mol. The van der Waals surface area contributed by atoms with Crippen molar-refractivity contribution in [3.63, 3.8) is 0 Å². The lowest BCUT2D eigenvalue weighted by molar-refractivity contribution is 0.627. The van der Waals surface area contributed by atoms with Crippen LogP contribution in [-0.4, -0.2) is 18.3 Å². The highest BCUT2D eigenvalue weighted by Crippen LogP contribution is 2.23. The van der Waals surface area contributed by atoms with Gasteiger partial charge in [-0.2, -0.15) is 0 Å². The molecule has 0 aliphatic carbocycles. The lowest BCUT2D eigenvalue weighted by Crippen LogP contribution is -2.31. The molecule has 0 bridgehead atoms. The van der Waals surface area contributed by atoms with E-state index in [4.69, 9.17) is 4.99 Å². The third-order valence-corrected chi connectivity index (χ3v) is 3.86. The van der Waals surface area contributed by atoms with Crippen LogP contribution in [0.25, 0.3) is 0 Å². The van der Waals surface area contributed by atoms with Crippen molar-refractivity contribution in [2.45, 2.75) is 25.8 Å². The molecule has 1 atom stereocenters. The fourth-order valence-corrected chi connectivity index (χ4v) is 2.74. The number of hydrogen-bond acceptors (Lipinski definition) is 2. The van der Waals surface area contributed by atoms with Crippen molar-refractivity contribution in [2.75, 3.05) is 6.54 Å². The minimum atomic E-state index is -0.216. The van der Waals surface area contributed by atoms with Gasteiger partial charge in [-0.15, -0.1) is 0 Å². The van der Waals surface area contributed by atoms with Gasteiger partial charge in [0.2, 0.25) is 0 Å². The van der Waals surface area contributed by atoms with Crippen LogP contribution in [0.5, 0.6) is 0 Å². The van der Waals surface area contributed by atoms with Crippen molar-refractivity contribution in [1.82, 2.24) is 5.32 Å². The summed E-state index contributed by atoms with van der Waals surface area (Å²) in [5.41, 5.74) is 3.87. The van der Waals surface area contributed by atoms with Crippen molar-refractivity contribution in [2.24, 2.45) is 4.99 Å². The molecular weight excluding hydrogens is 263 g/mol. The van der Waals surface area contributed by atoms with Crippen LogP contribution in [0.2, 0.25) is 0 Å². The number of nitrogens with zero attached hydrogens (tertiary/aromatic N) is 1. The van der Waals surface area contributed by atoms with Crippen molar-refractivity contribution < 1.29 is 4.39 Å². The first-order valence-corrected chi connectivity index (χ1v) is 7.37. The predicted octanol–water partition coefficient (Wildman–Crippen LogP) is 4.01. The summed E-state index contributed by atoms with van der Waals surface area (Å²) >= 11 is 0. The lowest BCUT2D eigenvalue weighted by Gasteiger charge is -2.15. The lowest BCUT2D eigenvalue weighted by atomic mass is 10.0. The quantitative estimate of drug-likeness (QED) is 0.845. The van der Waals surface area contributed by atoms with E-state index in [-0.39, 0.29) is 11.9 Å². The van der Waals surface area contributed by atoms with Gasteiger partial charge in [0.15, 0.2) is 0 Å². The summed E-state index contributed by atoms with van der Waals surface area (Å²) in [7, 11) is 0. The minimum absolute atomic E-state index is 0.216. The second kappa shape index (κ2) is 6.19. The number of benzene rings is 2. The Labute approximate surface area is 124 Å². The Kier molecular flexibility index (Phi) is 4.11. The van der Waals surface area contributed by atoms with Crippen molar-refractivity contribution in [3.8, 4) is 0 Å². The Hall–Kier alpha value is -2.00. The number of hydrogen-bond donors (Lipinski definition) is 1. The van der Waals surface area contributed by atoms with Gasteiger partial charge in [0, 0.05) is 0 Å². The topological polar surface area (TPSA) is 24.4 Å². The van der Waals surface area contributed by atoms with Gasteiger partial charge in [0.05, 0.1) is 17.4 Å². The maximum atomic E-state index is 13.2. The summed E-state index contributed by atoms with van der Waals surface area (Å²) in [5.74, 6) is -0.216. The normalized spacial score (nSPS) is 19.0. The third-order valence-electron chi connectivity index (χ3n) is 3.86. The maximum Gasteiger partial charge on any atom is 0.123 e. The fraction of sp³-hybridized carbons (Fsp3) is 0.278. The molecule has 108 valence electrons. The Morgan fingerprint density at radius 2 is 2.00 bits per heavy atom. The Balaban J connectivity index is 2.04. The molecule has 1 fully saturated rings. The molecule has 0 radical (unpaired) electrons. The molecule has 1 unspecified atom stereocenters. The average Bonchev–Trinajstić information content (AvgIpc) is 3.01. The molecule has 0 spiro atoms. The molecule has 2 aromatic carbocycles. The van der Waals surface area contributed by atoms with Crippen molar-refractivity contribution in [1.29, 1.82) is 0 Å². The molecule has 1 saturated heterocycles. The molecule has 0 aromatic heterocycles. The van der Waals surface area contributed by atoms with Crippen LogP contribution in [0, 0.1) is 12.7 Å².